The summed E-state index contributed by atoms with van der Waals surface area (Å²) in [5, 5.41) is 9.45. The average Bonchev–Trinajstić information content (AvgIpc) is 3.52. The van der Waals surface area contributed by atoms with E-state index in [1.165, 1.54) is 42.2 Å². The first-order valence-electron chi connectivity index (χ1n) is 11.4. The van der Waals surface area contributed by atoms with Gasteiger partial charge in [-0.3, -0.25) is 0 Å². The summed E-state index contributed by atoms with van der Waals surface area (Å²) in [5.41, 5.74) is 5.50. The number of rotatable bonds is 6. The molecule has 1 aliphatic rings. The fourth-order valence-electron chi connectivity index (χ4n) is 4.19. The van der Waals surface area contributed by atoms with E-state index >= 15 is 0 Å². The Morgan fingerprint density at radius 1 is 0.972 bits per heavy atom. The third-order valence-electron chi connectivity index (χ3n) is 6.21. The summed E-state index contributed by atoms with van der Waals surface area (Å²) in [5.74, 6) is -0.0647. The molecule has 0 aliphatic carbocycles. The minimum absolute atomic E-state index is 0. The number of hydrogen-bond acceptors (Lipinski definition) is 5. The molecule has 0 saturated heterocycles. The zero-order valence-electron chi connectivity index (χ0n) is 20.1. The molecule has 5 rings (SSSR count). The number of nitrogens with zero attached hydrogens (tertiary/aromatic N) is 3. The van der Waals surface area contributed by atoms with Crippen LogP contribution in [0.25, 0.3) is 11.3 Å². The third kappa shape index (κ3) is 5.20. The van der Waals surface area contributed by atoms with E-state index in [9.17, 15) is 8.78 Å². The first-order chi connectivity index (χ1) is 16.9. The molecule has 1 aromatic heterocycles. The van der Waals surface area contributed by atoms with Crippen LogP contribution in [0.3, 0.4) is 0 Å². The summed E-state index contributed by atoms with van der Waals surface area (Å²) >= 11 is 1.46. The van der Waals surface area contributed by atoms with Gasteiger partial charge in [-0.25, -0.2) is 18.8 Å². The Morgan fingerprint density at radius 3 is 2.31 bits per heavy atom. The van der Waals surface area contributed by atoms with Crippen LogP contribution in [0.1, 0.15) is 48.9 Å². The molecule has 0 fully saturated rings. The van der Waals surface area contributed by atoms with Crippen molar-refractivity contribution in [1.82, 2.24) is 4.98 Å². The largest absolute Gasteiger partial charge is 0.494 e. The topological polar surface area (TPSA) is 37.7 Å². The van der Waals surface area contributed by atoms with Gasteiger partial charge in [0.2, 0.25) is 5.13 Å². The molecular formula is C28H26BrF2N3OS. The van der Waals surface area contributed by atoms with Gasteiger partial charge in [0.25, 0.3) is 0 Å². The van der Waals surface area contributed by atoms with Crippen LogP contribution in [0.4, 0.5) is 13.9 Å². The highest BCUT2D eigenvalue weighted by Crippen LogP contribution is 2.40. The molecule has 1 atom stereocenters. The summed E-state index contributed by atoms with van der Waals surface area (Å²) in [6, 6.07) is 19.8. The number of benzene rings is 3. The van der Waals surface area contributed by atoms with Crippen LogP contribution >= 0.6 is 28.3 Å². The van der Waals surface area contributed by atoms with E-state index in [0.717, 1.165) is 16.8 Å². The van der Waals surface area contributed by atoms with Gasteiger partial charge in [0.1, 0.15) is 5.82 Å². The molecule has 2 heterocycles. The van der Waals surface area contributed by atoms with E-state index in [1.54, 1.807) is 24.3 Å². The van der Waals surface area contributed by atoms with Gasteiger partial charge in [-0.05, 0) is 52.9 Å². The molecule has 3 aromatic carbocycles. The highest BCUT2D eigenvalue weighted by atomic mass is 79.9. The molecule has 36 heavy (non-hydrogen) atoms. The number of thiazole rings is 1. The molecule has 1 aliphatic heterocycles. The SMILES string of the molecule is Br.COc1ccc(-c2csc(N3N=C(c4ccc(F)cc4)CC3c3ccc(C(C)C)cc3)n2)cc1F. The van der Waals surface area contributed by atoms with E-state index in [1.807, 2.05) is 10.4 Å². The Labute approximate surface area is 224 Å². The average molecular weight is 571 g/mol. The summed E-state index contributed by atoms with van der Waals surface area (Å²) in [4.78, 5) is 4.79. The Bertz CT molecular complexity index is 1370. The molecule has 8 heteroatoms. The molecule has 0 N–H and O–H groups in total. The van der Waals surface area contributed by atoms with Crippen LogP contribution in [0, 0.1) is 11.6 Å². The van der Waals surface area contributed by atoms with Gasteiger partial charge >= 0.3 is 0 Å². The van der Waals surface area contributed by atoms with E-state index in [2.05, 4.69) is 38.1 Å². The molecule has 0 radical (unpaired) electrons. The normalized spacial score (nSPS) is 15.1. The minimum Gasteiger partial charge on any atom is -0.494 e. The first-order valence-corrected chi connectivity index (χ1v) is 12.3. The van der Waals surface area contributed by atoms with Crippen LogP contribution in [0.5, 0.6) is 5.75 Å². The molecule has 4 nitrogen and oxygen atoms in total. The number of hydrazone groups is 1. The van der Waals surface area contributed by atoms with Crippen molar-refractivity contribution in [3.05, 3.63) is 100 Å². The Kier molecular flexibility index (Phi) is 7.85. The highest BCUT2D eigenvalue weighted by Gasteiger charge is 2.32. The van der Waals surface area contributed by atoms with Crippen LogP contribution in [0.15, 0.2) is 77.2 Å². The second-order valence-corrected chi connectivity index (χ2v) is 9.64. The Balaban J connectivity index is 0.00000304. The number of ether oxygens (including phenoxy) is 1. The van der Waals surface area contributed by atoms with Gasteiger partial charge in [-0.1, -0.05) is 50.2 Å². The summed E-state index contributed by atoms with van der Waals surface area (Å²) < 4.78 is 32.8. The number of hydrogen-bond donors (Lipinski definition) is 0. The van der Waals surface area contributed by atoms with E-state index in [-0.39, 0.29) is 34.6 Å². The standard InChI is InChI=1S/C28H25F2N3OS.BrH/c1-17(2)18-4-6-20(7-5-18)26-15-24(19-8-11-22(29)12-9-19)32-33(26)28-31-25(16-35-28)21-10-13-27(34-3)23(30)14-21;/h4-14,16-17,26H,15H2,1-3H3;1H. The lowest BCUT2D eigenvalue weighted by Crippen LogP contribution is -2.18. The number of aromatic nitrogens is 1. The quantitative estimate of drug-likeness (QED) is 0.235. The van der Waals surface area contributed by atoms with Crippen LogP contribution in [0.2, 0.25) is 0 Å². The minimum atomic E-state index is -0.430. The van der Waals surface area contributed by atoms with Crippen molar-refractivity contribution in [2.24, 2.45) is 5.10 Å². The fourth-order valence-corrected chi connectivity index (χ4v) is 5.03. The van der Waals surface area contributed by atoms with E-state index in [4.69, 9.17) is 14.8 Å². The molecule has 186 valence electrons. The monoisotopic (exact) mass is 569 g/mol. The lowest BCUT2D eigenvalue weighted by molar-refractivity contribution is 0.386. The molecular weight excluding hydrogens is 544 g/mol. The maximum atomic E-state index is 14.3. The number of anilines is 1. The highest BCUT2D eigenvalue weighted by molar-refractivity contribution is 8.93. The maximum absolute atomic E-state index is 14.3. The predicted molar refractivity (Wildman–Crippen MR) is 148 cm³/mol. The fraction of sp³-hybridized carbons (Fsp3) is 0.214. The van der Waals surface area contributed by atoms with Crippen molar-refractivity contribution < 1.29 is 13.5 Å². The van der Waals surface area contributed by atoms with E-state index in [0.29, 0.717) is 28.7 Å². The Hall–Kier alpha value is -3.10. The molecule has 0 bridgehead atoms. The van der Waals surface area contributed by atoms with Crippen LogP contribution in [-0.4, -0.2) is 17.8 Å². The molecule has 4 aromatic rings. The third-order valence-corrected chi connectivity index (χ3v) is 7.04. The van der Waals surface area contributed by atoms with Crippen LogP contribution in [-0.2, 0) is 0 Å². The van der Waals surface area contributed by atoms with Crippen molar-refractivity contribution in [1.29, 1.82) is 0 Å². The predicted octanol–water partition coefficient (Wildman–Crippen LogP) is 8.15. The van der Waals surface area contributed by atoms with Gasteiger partial charge in [0, 0.05) is 17.4 Å². The maximum Gasteiger partial charge on any atom is 0.207 e. The second-order valence-electron chi connectivity index (χ2n) is 8.80. The molecule has 0 spiro atoms. The Morgan fingerprint density at radius 2 is 1.67 bits per heavy atom. The number of halogens is 3. The van der Waals surface area contributed by atoms with E-state index < -0.39 is 5.82 Å². The zero-order valence-corrected chi connectivity index (χ0v) is 22.6. The smallest absolute Gasteiger partial charge is 0.207 e. The van der Waals surface area contributed by atoms with Gasteiger partial charge in [0.05, 0.1) is 24.6 Å². The van der Waals surface area contributed by atoms with Crippen molar-refractivity contribution in [2.75, 3.05) is 12.1 Å². The molecule has 0 saturated carbocycles. The van der Waals surface area contributed by atoms with Gasteiger partial charge in [-0.15, -0.1) is 28.3 Å². The van der Waals surface area contributed by atoms with Gasteiger partial charge in [-0.2, -0.15) is 5.10 Å². The summed E-state index contributed by atoms with van der Waals surface area (Å²) in [7, 11) is 1.44. The van der Waals surface area contributed by atoms with Crippen LogP contribution < -0.4 is 9.75 Å². The summed E-state index contributed by atoms with van der Waals surface area (Å²) in [6.45, 7) is 4.34. The first kappa shape index (κ1) is 26.0. The van der Waals surface area contributed by atoms with Crippen molar-refractivity contribution in [3.8, 4) is 17.0 Å². The van der Waals surface area contributed by atoms with Crippen molar-refractivity contribution >= 4 is 39.2 Å². The van der Waals surface area contributed by atoms with Gasteiger partial charge < -0.3 is 4.74 Å². The van der Waals surface area contributed by atoms with Crippen molar-refractivity contribution in [2.45, 2.75) is 32.2 Å². The lowest BCUT2D eigenvalue weighted by atomic mass is 9.95. The summed E-state index contributed by atoms with van der Waals surface area (Å²) in [6.07, 6.45) is 0.665. The molecule has 0 amide bonds. The van der Waals surface area contributed by atoms with Crippen molar-refractivity contribution in [3.63, 3.8) is 0 Å². The lowest BCUT2D eigenvalue weighted by Gasteiger charge is -2.21. The number of methoxy groups -OCH3 is 1. The van der Waals surface area contributed by atoms with Gasteiger partial charge in [0.15, 0.2) is 11.6 Å². The zero-order chi connectivity index (χ0) is 24.5. The second kappa shape index (κ2) is 10.9. The molecule has 1 unspecified atom stereocenters.